The van der Waals surface area contributed by atoms with Gasteiger partial charge in [-0.15, -0.1) is 11.6 Å². The Morgan fingerprint density at radius 3 is 2.62 bits per heavy atom. The molecule has 0 saturated heterocycles. The van der Waals surface area contributed by atoms with Crippen LogP contribution in [0.15, 0.2) is 6.20 Å². The topological polar surface area (TPSA) is 53.5 Å². The van der Waals surface area contributed by atoms with Crippen LogP contribution in [0.1, 0.15) is 31.1 Å². The van der Waals surface area contributed by atoms with Crippen LogP contribution in [0.2, 0.25) is 0 Å². The molecule has 0 aromatic carbocycles. The first-order valence-electron chi connectivity index (χ1n) is 7.14. The van der Waals surface area contributed by atoms with Crippen LogP contribution in [0.25, 0.3) is 16.9 Å². The van der Waals surface area contributed by atoms with Gasteiger partial charge in [-0.3, -0.25) is 9.25 Å². The number of hydrogen-bond donors (Lipinski definition) is 0. The lowest BCUT2D eigenvalue weighted by Crippen LogP contribution is -2.07. The molecule has 0 saturated carbocycles. The summed E-state index contributed by atoms with van der Waals surface area (Å²) < 4.78 is 5.90. The van der Waals surface area contributed by atoms with E-state index in [1.165, 1.54) is 0 Å². The van der Waals surface area contributed by atoms with Gasteiger partial charge in [-0.05, 0) is 20.3 Å². The van der Waals surface area contributed by atoms with Crippen LogP contribution in [0.4, 0.5) is 0 Å². The zero-order chi connectivity index (χ0) is 15.1. The first-order valence-corrected chi connectivity index (χ1v) is 7.67. The molecule has 0 unspecified atom stereocenters. The quantitative estimate of drug-likeness (QED) is 0.696. The van der Waals surface area contributed by atoms with E-state index in [9.17, 15) is 0 Å². The summed E-state index contributed by atoms with van der Waals surface area (Å²) in [6, 6.07) is 0. The Labute approximate surface area is 128 Å². The molecule has 0 atom stereocenters. The van der Waals surface area contributed by atoms with E-state index in [-0.39, 0.29) is 0 Å². The minimum Gasteiger partial charge on any atom is -0.276 e. The SMILES string of the molecule is CCc1nn(C)cc1-n1c(CCl)nc2c(C)nn(CC)c21. The Bertz CT molecular complexity index is 794. The highest BCUT2D eigenvalue weighted by Crippen LogP contribution is 2.26. The number of alkyl halides is 1. The number of aryl methyl sites for hydroxylation is 4. The molecule has 112 valence electrons. The number of rotatable bonds is 4. The average Bonchev–Trinajstić information content (AvgIpc) is 3.11. The van der Waals surface area contributed by atoms with Gasteiger partial charge in [0.05, 0.1) is 23.0 Å². The summed E-state index contributed by atoms with van der Waals surface area (Å²) in [7, 11) is 1.93. The van der Waals surface area contributed by atoms with Gasteiger partial charge >= 0.3 is 0 Å². The summed E-state index contributed by atoms with van der Waals surface area (Å²) in [5.41, 5.74) is 4.91. The second-order valence-corrected chi connectivity index (χ2v) is 5.33. The molecule has 0 aliphatic rings. The van der Waals surface area contributed by atoms with Crippen molar-refractivity contribution in [3.63, 3.8) is 0 Å². The lowest BCUT2D eigenvalue weighted by Gasteiger charge is -2.08. The molecule has 0 N–H and O–H groups in total. The molecule has 0 fully saturated rings. The first-order chi connectivity index (χ1) is 10.1. The lowest BCUT2D eigenvalue weighted by atomic mass is 10.3. The Morgan fingerprint density at radius 1 is 1.24 bits per heavy atom. The molecule has 3 aromatic rings. The van der Waals surface area contributed by atoms with E-state index in [4.69, 9.17) is 11.6 Å². The van der Waals surface area contributed by atoms with Gasteiger partial charge in [-0.1, -0.05) is 6.92 Å². The third kappa shape index (κ3) is 2.05. The monoisotopic (exact) mass is 306 g/mol. The third-order valence-corrected chi connectivity index (χ3v) is 3.90. The molecule has 0 bridgehead atoms. The number of imidazole rings is 1. The lowest BCUT2D eigenvalue weighted by molar-refractivity contribution is 0.659. The van der Waals surface area contributed by atoms with Crippen molar-refractivity contribution in [1.82, 2.24) is 29.1 Å². The normalized spacial score (nSPS) is 11.7. The summed E-state index contributed by atoms with van der Waals surface area (Å²) >= 11 is 6.12. The van der Waals surface area contributed by atoms with Crippen molar-refractivity contribution < 1.29 is 0 Å². The predicted molar refractivity (Wildman–Crippen MR) is 83.0 cm³/mol. The van der Waals surface area contributed by atoms with E-state index < -0.39 is 0 Å². The minimum absolute atomic E-state index is 0.357. The maximum absolute atomic E-state index is 6.12. The number of nitrogens with zero attached hydrogens (tertiary/aromatic N) is 6. The van der Waals surface area contributed by atoms with Gasteiger partial charge in [0.15, 0.2) is 5.65 Å². The zero-order valence-corrected chi connectivity index (χ0v) is 13.5. The number of hydrogen-bond acceptors (Lipinski definition) is 3. The van der Waals surface area contributed by atoms with Crippen molar-refractivity contribution in [2.75, 3.05) is 0 Å². The van der Waals surface area contributed by atoms with Gasteiger partial charge in [-0.2, -0.15) is 10.2 Å². The van der Waals surface area contributed by atoms with Crippen LogP contribution in [0.3, 0.4) is 0 Å². The Hall–Kier alpha value is -1.82. The maximum Gasteiger partial charge on any atom is 0.163 e. The van der Waals surface area contributed by atoms with Crippen molar-refractivity contribution in [3.05, 3.63) is 23.4 Å². The van der Waals surface area contributed by atoms with Crippen LogP contribution >= 0.6 is 11.6 Å². The van der Waals surface area contributed by atoms with E-state index in [0.29, 0.717) is 5.88 Å². The van der Waals surface area contributed by atoms with E-state index >= 15 is 0 Å². The summed E-state index contributed by atoms with van der Waals surface area (Å²) in [4.78, 5) is 4.67. The predicted octanol–water partition coefficient (Wildman–Crippen LogP) is 2.59. The molecule has 0 aliphatic heterocycles. The molecule has 7 heteroatoms. The van der Waals surface area contributed by atoms with Crippen LogP contribution < -0.4 is 0 Å². The largest absolute Gasteiger partial charge is 0.276 e. The van der Waals surface area contributed by atoms with Gasteiger partial charge in [-0.25, -0.2) is 9.67 Å². The minimum atomic E-state index is 0.357. The van der Waals surface area contributed by atoms with E-state index in [1.54, 1.807) is 0 Å². The van der Waals surface area contributed by atoms with E-state index in [0.717, 1.165) is 47.0 Å². The zero-order valence-electron chi connectivity index (χ0n) is 12.8. The van der Waals surface area contributed by atoms with Crippen LogP contribution in [-0.2, 0) is 25.9 Å². The molecule has 0 spiro atoms. The van der Waals surface area contributed by atoms with Gasteiger partial charge in [0.25, 0.3) is 0 Å². The molecule has 0 radical (unpaired) electrons. The summed E-state index contributed by atoms with van der Waals surface area (Å²) in [5, 5.41) is 9.08. The fraction of sp³-hybridized carbons (Fsp3) is 0.500. The molecule has 0 aliphatic carbocycles. The Kier molecular flexibility index (Phi) is 3.49. The van der Waals surface area contributed by atoms with Crippen molar-refractivity contribution >= 4 is 22.8 Å². The van der Waals surface area contributed by atoms with Crippen molar-refractivity contribution in [2.45, 2.75) is 39.6 Å². The fourth-order valence-electron chi connectivity index (χ4n) is 2.74. The summed E-state index contributed by atoms with van der Waals surface area (Å²) in [6.07, 6.45) is 2.87. The number of halogens is 1. The smallest absolute Gasteiger partial charge is 0.163 e. The van der Waals surface area contributed by atoms with Gasteiger partial charge in [0.2, 0.25) is 0 Å². The molecule has 3 heterocycles. The van der Waals surface area contributed by atoms with Crippen molar-refractivity contribution in [2.24, 2.45) is 7.05 Å². The maximum atomic E-state index is 6.12. The fourth-order valence-corrected chi connectivity index (χ4v) is 2.92. The second kappa shape index (κ2) is 5.18. The highest BCUT2D eigenvalue weighted by Gasteiger charge is 2.21. The van der Waals surface area contributed by atoms with Gasteiger partial charge in [0.1, 0.15) is 11.3 Å². The third-order valence-electron chi connectivity index (χ3n) is 3.66. The summed E-state index contributed by atoms with van der Waals surface area (Å²) in [5.74, 6) is 1.19. The van der Waals surface area contributed by atoms with Crippen molar-refractivity contribution in [3.8, 4) is 5.69 Å². The summed E-state index contributed by atoms with van der Waals surface area (Å²) in [6.45, 7) is 6.95. The average molecular weight is 307 g/mol. The molecular weight excluding hydrogens is 288 g/mol. The van der Waals surface area contributed by atoms with Crippen LogP contribution in [0.5, 0.6) is 0 Å². The standard InChI is InChI=1S/C14H19ClN6/c1-5-10-11(8-19(4)18-10)21-12(7-15)16-13-9(3)17-20(6-2)14(13)21/h8H,5-7H2,1-4H3. The number of aromatic nitrogens is 6. The molecular formula is C14H19ClN6. The van der Waals surface area contributed by atoms with Gasteiger partial charge < -0.3 is 0 Å². The second-order valence-electron chi connectivity index (χ2n) is 5.06. The van der Waals surface area contributed by atoms with Gasteiger partial charge in [0, 0.05) is 19.8 Å². The molecule has 3 rings (SSSR count). The molecule has 0 amide bonds. The van der Waals surface area contributed by atoms with E-state index in [1.807, 2.05) is 29.5 Å². The Morgan fingerprint density at radius 2 is 2.00 bits per heavy atom. The van der Waals surface area contributed by atoms with E-state index in [2.05, 4.69) is 33.6 Å². The highest BCUT2D eigenvalue weighted by molar-refractivity contribution is 6.17. The molecule has 3 aromatic heterocycles. The molecule has 21 heavy (non-hydrogen) atoms. The van der Waals surface area contributed by atoms with Crippen LogP contribution in [-0.4, -0.2) is 29.1 Å². The van der Waals surface area contributed by atoms with Crippen molar-refractivity contribution in [1.29, 1.82) is 0 Å². The molecule has 6 nitrogen and oxygen atoms in total. The Balaban J connectivity index is 2.39. The first kappa shape index (κ1) is 14.1. The number of fused-ring (bicyclic) bond motifs is 1. The highest BCUT2D eigenvalue weighted by atomic mass is 35.5. The van der Waals surface area contributed by atoms with Crippen LogP contribution in [0, 0.1) is 6.92 Å².